The van der Waals surface area contributed by atoms with Crippen molar-refractivity contribution < 1.29 is 9.84 Å². The summed E-state index contributed by atoms with van der Waals surface area (Å²) in [5.74, 6) is 0.909. The standard InChI is InChI=1S/C14H18O2/c1-3-14(15)12-5-4-11-9-13(16-2)7-6-10(11)8-12/h6-9,14-15H,3-5H2,1-2H3. The van der Waals surface area contributed by atoms with Crippen LogP contribution in [0.25, 0.3) is 6.08 Å². The molecule has 0 bridgehead atoms. The number of rotatable bonds is 3. The van der Waals surface area contributed by atoms with Crippen LogP contribution in [-0.4, -0.2) is 18.3 Å². The van der Waals surface area contributed by atoms with Gasteiger partial charge in [-0.3, -0.25) is 0 Å². The summed E-state index contributed by atoms with van der Waals surface area (Å²) < 4.78 is 5.21. The molecule has 1 aromatic rings. The van der Waals surface area contributed by atoms with Crippen molar-refractivity contribution >= 4 is 6.08 Å². The van der Waals surface area contributed by atoms with Crippen molar-refractivity contribution in [1.29, 1.82) is 0 Å². The van der Waals surface area contributed by atoms with E-state index in [1.165, 1.54) is 11.1 Å². The molecule has 0 amide bonds. The van der Waals surface area contributed by atoms with Crippen LogP contribution in [0.3, 0.4) is 0 Å². The zero-order chi connectivity index (χ0) is 11.5. The Morgan fingerprint density at radius 1 is 1.38 bits per heavy atom. The Morgan fingerprint density at radius 3 is 2.88 bits per heavy atom. The molecule has 0 heterocycles. The zero-order valence-corrected chi connectivity index (χ0v) is 9.86. The Balaban J connectivity index is 2.30. The lowest BCUT2D eigenvalue weighted by Crippen LogP contribution is -2.12. The van der Waals surface area contributed by atoms with Crippen molar-refractivity contribution in [2.24, 2.45) is 0 Å². The van der Waals surface area contributed by atoms with Gasteiger partial charge < -0.3 is 9.84 Å². The summed E-state index contributed by atoms with van der Waals surface area (Å²) in [5.41, 5.74) is 3.68. The van der Waals surface area contributed by atoms with Gasteiger partial charge in [-0.2, -0.15) is 0 Å². The topological polar surface area (TPSA) is 29.5 Å². The Morgan fingerprint density at radius 2 is 2.19 bits per heavy atom. The highest BCUT2D eigenvalue weighted by molar-refractivity contribution is 5.61. The van der Waals surface area contributed by atoms with Crippen LogP contribution in [0.2, 0.25) is 0 Å². The number of hydrogen-bond acceptors (Lipinski definition) is 2. The molecule has 0 saturated carbocycles. The molecule has 0 fully saturated rings. The van der Waals surface area contributed by atoms with Crippen molar-refractivity contribution in [3.05, 3.63) is 34.9 Å². The van der Waals surface area contributed by atoms with Crippen LogP contribution >= 0.6 is 0 Å². The fourth-order valence-corrected chi connectivity index (χ4v) is 2.14. The van der Waals surface area contributed by atoms with Gasteiger partial charge in [0.25, 0.3) is 0 Å². The average molecular weight is 218 g/mol. The molecule has 2 heteroatoms. The molecule has 0 spiro atoms. The van der Waals surface area contributed by atoms with E-state index in [2.05, 4.69) is 18.2 Å². The number of benzene rings is 1. The van der Waals surface area contributed by atoms with Crippen LogP contribution in [0.15, 0.2) is 23.8 Å². The molecule has 1 aliphatic rings. The molecule has 1 unspecified atom stereocenters. The van der Waals surface area contributed by atoms with Crippen LogP contribution in [0.1, 0.15) is 30.9 Å². The number of methoxy groups -OCH3 is 1. The van der Waals surface area contributed by atoms with Gasteiger partial charge in [-0.1, -0.05) is 19.1 Å². The monoisotopic (exact) mass is 218 g/mol. The summed E-state index contributed by atoms with van der Waals surface area (Å²) in [6.45, 7) is 2.01. The van der Waals surface area contributed by atoms with Crippen LogP contribution in [-0.2, 0) is 6.42 Å². The zero-order valence-electron chi connectivity index (χ0n) is 9.86. The molecule has 0 aromatic heterocycles. The van der Waals surface area contributed by atoms with E-state index in [0.717, 1.165) is 30.6 Å². The first-order chi connectivity index (χ1) is 7.74. The van der Waals surface area contributed by atoms with Gasteiger partial charge in [0.2, 0.25) is 0 Å². The predicted molar refractivity (Wildman–Crippen MR) is 65.6 cm³/mol. The third kappa shape index (κ3) is 2.12. The first-order valence-electron chi connectivity index (χ1n) is 5.80. The van der Waals surface area contributed by atoms with Crippen molar-refractivity contribution in [1.82, 2.24) is 0 Å². The maximum Gasteiger partial charge on any atom is 0.119 e. The third-order valence-electron chi connectivity index (χ3n) is 3.19. The van der Waals surface area contributed by atoms with Crippen molar-refractivity contribution in [3.8, 4) is 5.75 Å². The Bertz CT molecular complexity index is 407. The van der Waals surface area contributed by atoms with E-state index in [9.17, 15) is 5.11 Å². The summed E-state index contributed by atoms with van der Waals surface area (Å²) in [7, 11) is 1.69. The maximum atomic E-state index is 9.82. The van der Waals surface area contributed by atoms with E-state index in [-0.39, 0.29) is 6.10 Å². The predicted octanol–water partition coefficient (Wildman–Crippen LogP) is 2.80. The molecule has 1 atom stereocenters. The Hall–Kier alpha value is -1.28. The molecule has 0 saturated heterocycles. The second-order valence-corrected chi connectivity index (χ2v) is 4.21. The minimum Gasteiger partial charge on any atom is -0.497 e. The summed E-state index contributed by atoms with van der Waals surface area (Å²) in [5, 5.41) is 9.82. The fraction of sp³-hybridized carbons (Fsp3) is 0.429. The first-order valence-corrected chi connectivity index (χ1v) is 5.80. The molecular weight excluding hydrogens is 200 g/mol. The number of hydrogen-bond donors (Lipinski definition) is 1. The smallest absolute Gasteiger partial charge is 0.119 e. The number of aliphatic hydroxyl groups excluding tert-OH is 1. The SMILES string of the molecule is CCC(O)C1=Cc2ccc(OC)cc2CC1. The Kier molecular flexibility index (Phi) is 3.30. The van der Waals surface area contributed by atoms with E-state index in [4.69, 9.17) is 4.74 Å². The molecule has 1 aliphatic carbocycles. The highest BCUT2D eigenvalue weighted by Gasteiger charge is 2.15. The molecule has 1 aromatic carbocycles. The molecule has 2 nitrogen and oxygen atoms in total. The van der Waals surface area contributed by atoms with E-state index >= 15 is 0 Å². The van der Waals surface area contributed by atoms with E-state index in [0.29, 0.717) is 0 Å². The van der Waals surface area contributed by atoms with Gasteiger partial charge in [-0.05, 0) is 48.1 Å². The lowest BCUT2D eigenvalue weighted by Gasteiger charge is -2.20. The Labute approximate surface area is 96.6 Å². The number of fused-ring (bicyclic) bond motifs is 1. The van der Waals surface area contributed by atoms with Gasteiger partial charge >= 0.3 is 0 Å². The van der Waals surface area contributed by atoms with Gasteiger partial charge in [0.15, 0.2) is 0 Å². The normalized spacial score (nSPS) is 16.3. The van der Waals surface area contributed by atoms with Gasteiger partial charge in [0.05, 0.1) is 13.2 Å². The summed E-state index contributed by atoms with van der Waals surface area (Å²) in [6.07, 6.45) is 4.57. The van der Waals surface area contributed by atoms with Crippen LogP contribution in [0, 0.1) is 0 Å². The fourth-order valence-electron chi connectivity index (χ4n) is 2.14. The highest BCUT2D eigenvalue weighted by Crippen LogP contribution is 2.29. The van der Waals surface area contributed by atoms with Crippen LogP contribution in [0.5, 0.6) is 5.75 Å². The molecule has 1 N–H and O–H groups in total. The number of aryl methyl sites for hydroxylation is 1. The first kappa shape index (κ1) is 11.2. The molecule has 86 valence electrons. The minimum absolute atomic E-state index is 0.282. The van der Waals surface area contributed by atoms with E-state index < -0.39 is 0 Å². The lowest BCUT2D eigenvalue weighted by molar-refractivity contribution is 0.203. The molecule has 0 aliphatic heterocycles. The van der Waals surface area contributed by atoms with Gasteiger partial charge in [-0.25, -0.2) is 0 Å². The van der Waals surface area contributed by atoms with Crippen molar-refractivity contribution in [2.75, 3.05) is 7.11 Å². The minimum atomic E-state index is -0.282. The number of aliphatic hydroxyl groups is 1. The molecule has 16 heavy (non-hydrogen) atoms. The van der Waals surface area contributed by atoms with Gasteiger partial charge in [0.1, 0.15) is 5.75 Å². The van der Waals surface area contributed by atoms with Crippen LogP contribution in [0.4, 0.5) is 0 Å². The second-order valence-electron chi connectivity index (χ2n) is 4.21. The van der Waals surface area contributed by atoms with E-state index in [1.54, 1.807) is 7.11 Å². The quantitative estimate of drug-likeness (QED) is 0.845. The molecular formula is C14H18O2. The van der Waals surface area contributed by atoms with E-state index in [1.807, 2.05) is 13.0 Å². The van der Waals surface area contributed by atoms with Gasteiger partial charge in [0, 0.05) is 0 Å². The second kappa shape index (κ2) is 4.71. The summed E-state index contributed by atoms with van der Waals surface area (Å²) >= 11 is 0. The van der Waals surface area contributed by atoms with Crippen molar-refractivity contribution in [3.63, 3.8) is 0 Å². The maximum absolute atomic E-state index is 9.82. The lowest BCUT2D eigenvalue weighted by atomic mass is 9.89. The largest absolute Gasteiger partial charge is 0.497 e. The van der Waals surface area contributed by atoms with Crippen LogP contribution < -0.4 is 4.74 Å². The number of ether oxygens (including phenoxy) is 1. The summed E-state index contributed by atoms with van der Waals surface area (Å²) in [4.78, 5) is 0. The molecule has 0 radical (unpaired) electrons. The molecule has 2 rings (SSSR count). The highest BCUT2D eigenvalue weighted by atomic mass is 16.5. The third-order valence-corrected chi connectivity index (χ3v) is 3.19. The van der Waals surface area contributed by atoms with Crippen molar-refractivity contribution in [2.45, 2.75) is 32.3 Å². The van der Waals surface area contributed by atoms with Gasteiger partial charge in [-0.15, -0.1) is 0 Å². The average Bonchev–Trinajstić information content (AvgIpc) is 2.36. The summed E-state index contributed by atoms with van der Waals surface area (Å²) in [6, 6.07) is 6.12.